The van der Waals surface area contributed by atoms with E-state index >= 15 is 0 Å². The molecular weight excluding hydrogens is 1180 g/mol. The van der Waals surface area contributed by atoms with Crippen molar-refractivity contribution in [2.75, 3.05) is 109 Å². The van der Waals surface area contributed by atoms with Crippen LogP contribution in [0.15, 0.2) is 73.1 Å². The van der Waals surface area contributed by atoms with E-state index in [1.54, 1.807) is 54.6 Å². The quantitative estimate of drug-likeness (QED) is 0.0262. The Balaban J connectivity index is 0.850. The second-order valence-corrected chi connectivity index (χ2v) is 22.9. The van der Waals surface area contributed by atoms with Crippen molar-refractivity contribution in [3.63, 3.8) is 0 Å². The molecule has 0 saturated carbocycles. The van der Waals surface area contributed by atoms with E-state index in [4.69, 9.17) is 46.9 Å². The number of nitriles is 2. The van der Waals surface area contributed by atoms with Gasteiger partial charge in [-0.3, -0.25) is 24.4 Å². The lowest BCUT2D eigenvalue weighted by Crippen LogP contribution is -2.53. The summed E-state index contributed by atoms with van der Waals surface area (Å²) in [5.41, 5.74) is 3.91. The highest BCUT2D eigenvalue weighted by molar-refractivity contribution is 6.34. The Bertz CT molecular complexity index is 3550. The van der Waals surface area contributed by atoms with Gasteiger partial charge in [0.05, 0.1) is 111 Å². The van der Waals surface area contributed by atoms with Crippen LogP contribution < -0.4 is 50.8 Å². The summed E-state index contributed by atoms with van der Waals surface area (Å²) in [6, 6.07) is 19.7. The zero-order valence-electron chi connectivity index (χ0n) is 50.0. The maximum atomic E-state index is 13.7. The first-order chi connectivity index (χ1) is 42.3. The molecule has 0 bridgehead atoms. The number of anilines is 6. The van der Waals surface area contributed by atoms with Crippen LogP contribution in [0.1, 0.15) is 69.9 Å². The van der Waals surface area contributed by atoms with Gasteiger partial charge in [0, 0.05) is 66.8 Å². The second-order valence-electron chi connectivity index (χ2n) is 22.0. The highest BCUT2D eigenvalue weighted by Crippen LogP contribution is 2.41. The van der Waals surface area contributed by atoms with Crippen molar-refractivity contribution < 1.29 is 51.2 Å². The van der Waals surface area contributed by atoms with Crippen molar-refractivity contribution in [1.29, 1.82) is 10.5 Å². The number of ether oxygens (including phenoxy) is 5. The number of aromatic nitrogens is 2. The van der Waals surface area contributed by atoms with Gasteiger partial charge in [-0.15, -0.1) is 0 Å². The number of esters is 1. The van der Waals surface area contributed by atoms with Gasteiger partial charge in [-0.2, -0.15) is 23.7 Å². The van der Waals surface area contributed by atoms with Crippen LogP contribution in [0.5, 0.6) is 23.0 Å². The van der Waals surface area contributed by atoms with Gasteiger partial charge in [0.15, 0.2) is 0 Å². The molecule has 0 radical (unpaired) electrons. The number of hydrogen-bond donors (Lipinski definition) is 6. The number of methoxy groups -OCH3 is 1. The summed E-state index contributed by atoms with van der Waals surface area (Å²) in [5, 5.41) is 40.8. The zero-order valence-corrected chi connectivity index (χ0v) is 51.5. The van der Waals surface area contributed by atoms with Crippen molar-refractivity contribution >= 4 is 96.9 Å². The van der Waals surface area contributed by atoms with E-state index in [0.29, 0.717) is 150 Å². The van der Waals surface area contributed by atoms with E-state index in [1.165, 1.54) is 25.6 Å². The van der Waals surface area contributed by atoms with Crippen molar-refractivity contribution in [2.45, 2.75) is 77.1 Å². The first-order valence-electron chi connectivity index (χ1n) is 29.2. The molecule has 20 nitrogen and oxygen atoms in total. The largest absolute Gasteiger partial charge is 0.492 e. The number of amides is 2. The molecule has 6 aromatic rings. The molecule has 88 heavy (non-hydrogen) atoms. The SMILES string of the molecule is CCOc1cc2ncc(C#N)c(Nc3ccc(OCC4NCC(CN(C)CCCC(=O)Nc5cc6c(Nc7ccc(OCC8NCCCC8C(F)(F)F)cc7Cl)c(C#N)cnc6cc5OCC)CC4C(=O)OC)cc3Cl)c2cc1NC(=O)CCCN(C)C. The van der Waals surface area contributed by atoms with Crippen LogP contribution in [0.25, 0.3) is 21.8 Å². The third kappa shape index (κ3) is 17.2. The van der Waals surface area contributed by atoms with Crippen molar-refractivity contribution in [2.24, 2.45) is 17.8 Å². The number of fused-ring (bicyclic) bond motifs is 2. The molecule has 6 N–H and O–H groups in total. The van der Waals surface area contributed by atoms with Crippen molar-refractivity contribution in [3.05, 3.63) is 94.2 Å². The summed E-state index contributed by atoms with van der Waals surface area (Å²) >= 11 is 13.6. The Hall–Kier alpha value is -7.90. The van der Waals surface area contributed by atoms with Gasteiger partial charge < -0.3 is 65.4 Å². The molecular formula is C63H73Cl2F3N12O8. The van der Waals surface area contributed by atoms with Crippen molar-refractivity contribution in [3.8, 4) is 35.1 Å². The Morgan fingerprint density at radius 1 is 0.716 bits per heavy atom. The molecule has 2 aromatic heterocycles. The number of alkyl halides is 3. The van der Waals surface area contributed by atoms with Crippen LogP contribution in [0.2, 0.25) is 10.0 Å². The van der Waals surface area contributed by atoms with Crippen LogP contribution in [0, 0.1) is 40.4 Å². The summed E-state index contributed by atoms with van der Waals surface area (Å²) < 4.78 is 70.2. The fraction of sp³-hybridized carbons (Fsp3) is 0.444. The molecule has 2 amide bonds. The van der Waals surface area contributed by atoms with Gasteiger partial charge in [0.25, 0.3) is 0 Å². The number of carbonyl (C=O) groups is 3. The van der Waals surface area contributed by atoms with E-state index < -0.39 is 24.1 Å². The molecule has 4 aromatic carbocycles. The standard InChI is InChI=1S/C63H73Cl2F3N12O8/c1-7-85-56-27-50-42(25-52(56)75-58(81)13-10-20-79(3)4)60(38(29-69)32-73-50)77-48-17-15-40(23-46(48)64)87-35-54-44(62(83)84-6)22-37(31-72-54)34-80(5)21-11-14-59(82)76-53-26-43-51(28-57(53)86-8-2)74-33-39(30-70)61(43)78-49-18-16-41(24-47(49)65)88-36-55-45(63(66,67)68)12-9-19-71-55/h15-18,23-28,32-33,37,44-45,54-55,71-72H,7-14,19-22,31,34-36H2,1-6H3,(H,73,77)(H,74,78)(H,75,81)(H,76,82). The maximum absolute atomic E-state index is 13.7. The molecule has 5 atom stereocenters. The number of pyridine rings is 2. The van der Waals surface area contributed by atoms with Crippen LogP contribution in [-0.4, -0.2) is 143 Å². The highest BCUT2D eigenvalue weighted by Gasteiger charge is 2.46. The fourth-order valence-electron chi connectivity index (χ4n) is 11.0. The lowest BCUT2D eigenvalue weighted by atomic mass is 9.84. The lowest BCUT2D eigenvalue weighted by Gasteiger charge is -2.37. The molecule has 2 aliphatic heterocycles. The summed E-state index contributed by atoms with van der Waals surface area (Å²) in [7, 11) is 7.22. The summed E-state index contributed by atoms with van der Waals surface area (Å²) in [6.07, 6.45) is 1.14. The zero-order chi connectivity index (χ0) is 63.1. The third-order valence-corrected chi connectivity index (χ3v) is 16.0. The number of benzene rings is 4. The first kappa shape index (κ1) is 66.1. The summed E-state index contributed by atoms with van der Waals surface area (Å²) in [4.78, 5) is 53.0. The predicted octanol–water partition coefficient (Wildman–Crippen LogP) is 11.2. The summed E-state index contributed by atoms with van der Waals surface area (Å²) in [6.45, 7) is 7.25. The average molecular weight is 1250 g/mol. The molecule has 2 aliphatic rings. The molecule has 0 spiro atoms. The van der Waals surface area contributed by atoms with Gasteiger partial charge in [-0.05, 0) is 136 Å². The number of hydrogen-bond acceptors (Lipinski definition) is 18. The number of halogens is 5. The predicted molar refractivity (Wildman–Crippen MR) is 333 cm³/mol. The molecule has 0 aliphatic carbocycles. The summed E-state index contributed by atoms with van der Waals surface area (Å²) in [5.74, 6) is -1.25. The number of rotatable bonds is 27. The monoisotopic (exact) mass is 1250 g/mol. The van der Waals surface area contributed by atoms with Crippen molar-refractivity contribution in [1.82, 2.24) is 30.4 Å². The van der Waals surface area contributed by atoms with Crippen LogP contribution >= 0.6 is 23.2 Å². The van der Waals surface area contributed by atoms with Crippen LogP contribution in [-0.2, 0) is 19.1 Å². The molecule has 2 fully saturated rings. The Labute approximate surface area is 519 Å². The molecule has 4 heterocycles. The Morgan fingerprint density at radius 2 is 1.24 bits per heavy atom. The molecule has 468 valence electrons. The van der Waals surface area contributed by atoms with Crippen LogP contribution in [0.3, 0.4) is 0 Å². The normalized spacial score (nSPS) is 17.6. The maximum Gasteiger partial charge on any atom is 0.393 e. The minimum Gasteiger partial charge on any atom is -0.492 e. The van der Waals surface area contributed by atoms with E-state index in [1.807, 2.05) is 39.9 Å². The second kappa shape index (κ2) is 30.8. The Morgan fingerprint density at radius 3 is 1.72 bits per heavy atom. The molecule has 8 rings (SSSR count). The average Bonchev–Trinajstić information content (AvgIpc) is 1.30. The van der Waals surface area contributed by atoms with Gasteiger partial charge in [0.1, 0.15) is 48.4 Å². The smallest absolute Gasteiger partial charge is 0.393 e. The number of nitrogens with one attached hydrogen (secondary N) is 6. The highest BCUT2D eigenvalue weighted by atomic mass is 35.5. The van der Waals surface area contributed by atoms with E-state index in [9.17, 15) is 38.1 Å². The minimum atomic E-state index is -4.36. The molecule has 5 unspecified atom stereocenters. The van der Waals surface area contributed by atoms with E-state index in [-0.39, 0.29) is 77.7 Å². The van der Waals surface area contributed by atoms with Gasteiger partial charge >= 0.3 is 12.1 Å². The van der Waals surface area contributed by atoms with E-state index in [0.717, 1.165) is 6.54 Å². The lowest BCUT2D eigenvalue weighted by molar-refractivity contribution is -0.190. The first-order valence-corrected chi connectivity index (χ1v) is 30.0. The van der Waals surface area contributed by atoms with Crippen LogP contribution in [0.4, 0.5) is 47.3 Å². The third-order valence-electron chi connectivity index (χ3n) is 15.4. The number of piperidine rings is 2. The minimum absolute atomic E-state index is 0.0237. The molecule has 2 saturated heterocycles. The van der Waals surface area contributed by atoms with E-state index in [2.05, 4.69) is 58.9 Å². The van der Waals surface area contributed by atoms with Gasteiger partial charge in [0.2, 0.25) is 11.8 Å². The number of carbonyl (C=O) groups excluding carboxylic acids is 3. The fourth-order valence-corrected chi connectivity index (χ4v) is 11.4. The topological polar surface area (TPSA) is 249 Å². The Kier molecular flexibility index (Phi) is 23.1. The van der Waals surface area contributed by atoms with Gasteiger partial charge in [-0.25, -0.2) is 0 Å². The number of nitrogens with zero attached hydrogens (tertiary/aromatic N) is 6. The van der Waals surface area contributed by atoms with Gasteiger partial charge in [-0.1, -0.05) is 23.2 Å². The molecule has 25 heteroatoms.